The molecular weight excluding hydrogens is 458 g/mol. The summed E-state index contributed by atoms with van der Waals surface area (Å²) in [6.45, 7) is 8.00. The maximum Gasteiger partial charge on any atom is 0.326 e. The van der Waals surface area contributed by atoms with Crippen LogP contribution in [0.5, 0.6) is 0 Å². The Morgan fingerprint density at radius 2 is 1.41 bits per heavy atom. The standard InChI is InChI=1S/C23H45N5O5S/c1-6-15(4)19(25)22(31)27-16(9-7-8-11-24)20(29)26-17(10-12-34-5)21(30)28-18(23(32)33)13-14(2)3/h14-19H,6-13,24-25H2,1-5H3,(H,26,29)(H,27,31)(H,28,30)(H,32,33). The summed E-state index contributed by atoms with van der Waals surface area (Å²) < 4.78 is 0. The van der Waals surface area contributed by atoms with Crippen molar-refractivity contribution < 1.29 is 24.3 Å². The van der Waals surface area contributed by atoms with Crippen LogP contribution in [0.2, 0.25) is 0 Å². The van der Waals surface area contributed by atoms with Gasteiger partial charge < -0.3 is 32.5 Å². The summed E-state index contributed by atoms with van der Waals surface area (Å²) in [5.74, 6) is -2.00. The molecule has 0 bridgehead atoms. The van der Waals surface area contributed by atoms with Crippen molar-refractivity contribution in [2.24, 2.45) is 23.3 Å². The molecule has 198 valence electrons. The zero-order chi connectivity index (χ0) is 26.3. The molecule has 0 aromatic heterocycles. The quantitative estimate of drug-likeness (QED) is 0.149. The molecule has 34 heavy (non-hydrogen) atoms. The highest BCUT2D eigenvalue weighted by atomic mass is 32.2. The highest BCUT2D eigenvalue weighted by molar-refractivity contribution is 7.98. The first-order valence-corrected chi connectivity index (χ1v) is 13.5. The Hall–Kier alpha value is -1.85. The maximum atomic E-state index is 13.1. The minimum Gasteiger partial charge on any atom is -0.480 e. The lowest BCUT2D eigenvalue weighted by Gasteiger charge is -2.26. The summed E-state index contributed by atoms with van der Waals surface area (Å²) in [6, 6.07) is -3.59. The van der Waals surface area contributed by atoms with Gasteiger partial charge in [-0.25, -0.2) is 4.79 Å². The highest BCUT2D eigenvalue weighted by Gasteiger charge is 2.30. The second-order valence-corrected chi connectivity index (χ2v) is 10.1. The van der Waals surface area contributed by atoms with E-state index in [1.54, 1.807) is 0 Å². The van der Waals surface area contributed by atoms with Gasteiger partial charge in [0.2, 0.25) is 17.7 Å². The van der Waals surface area contributed by atoms with E-state index in [0.29, 0.717) is 38.0 Å². The topological polar surface area (TPSA) is 177 Å². The smallest absolute Gasteiger partial charge is 0.326 e. The number of carboxylic acid groups (broad SMARTS) is 1. The molecule has 0 radical (unpaired) electrons. The van der Waals surface area contributed by atoms with Gasteiger partial charge in [0.25, 0.3) is 0 Å². The van der Waals surface area contributed by atoms with E-state index in [2.05, 4.69) is 16.0 Å². The van der Waals surface area contributed by atoms with E-state index in [4.69, 9.17) is 11.5 Å². The summed E-state index contributed by atoms with van der Waals surface area (Å²) in [7, 11) is 0. The fourth-order valence-electron chi connectivity index (χ4n) is 3.28. The van der Waals surface area contributed by atoms with E-state index in [1.807, 2.05) is 34.0 Å². The number of hydrogen-bond donors (Lipinski definition) is 6. The number of amides is 3. The summed E-state index contributed by atoms with van der Waals surface area (Å²) in [5.41, 5.74) is 11.6. The van der Waals surface area contributed by atoms with Gasteiger partial charge in [-0.1, -0.05) is 34.1 Å². The number of thioether (sulfide) groups is 1. The Morgan fingerprint density at radius 3 is 1.88 bits per heavy atom. The largest absolute Gasteiger partial charge is 0.480 e. The molecule has 3 amide bonds. The van der Waals surface area contributed by atoms with Crippen molar-refractivity contribution in [3.05, 3.63) is 0 Å². The minimum atomic E-state index is -1.12. The molecule has 0 aromatic rings. The average molecular weight is 504 g/mol. The van der Waals surface area contributed by atoms with Gasteiger partial charge in [0.15, 0.2) is 0 Å². The Morgan fingerprint density at radius 1 is 0.882 bits per heavy atom. The van der Waals surface area contributed by atoms with Crippen LogP contribution in [0.15, 0.2) is 0 Å². The third kappa shape index (κ3) is 12.6. The van der Waals surface area contributed by atoms with Crippen molar-refractivity contribution in [3.63, 3.8) is 0 Å². The molecule has 0 aliphatic rings. The van der Waals surface area contributed by atoms with E-state index in [0.717, 1.165) is 6.42 Å². The van der Waals surface area contributed by atoms with Gasteiger partial charge in [-0.3, -0.25) is 14.4 Å². The molecule has 5 unspecified atom stereocenters. The lowest BCUT2D eigenvalue weighted by atomic mass is 9.98. The Balaban J connectivity index is 5.49. The lowest BCUT2D eigenvalue weighted by molar-refractivity contribution is -0.142. The molecule has 10 nitrogen and oxygen atoms in total. The van der Waals surface area contributed by atoms with E-state index in [9.17, 15) is 24.3 Å². The van der Waals surface area contributed by atoms with Gasteiger partial charge in [-0.05, 0) is 62.5 Å². The molecule has 11 heteroatoms. The Kier molecular flexibility index (Phi) is 16.6. The van der Waals surface area contributed by atoms with Gasteiger partial charge in [-0.2, -0.15) is 11.8 Å². The first kappa shape index (κ1) is 32.1. The van der Waals surface area contributed by atoms with Crippen LogP contribution in [0.4, 0.5) is 0 Å². The van der Waals surface area contributed by atoms with Gasteiger partial charge in [0, 0.05) is 0 Å². The summed E-state index contributed by atoms with van der Waals surface area (Å²) in [6.07, 6.45) is 4.84. The normalized spacial score (nSPS) is 15.6. The number of carboxylic acids is 1. The van der Waals surface area contributed by atoms with Crippen LogP contribution in [-0.2, 0) is 19.2 Å². The molecule has 0 spiro atoms. The van der Waals surface area contributed by atoms with Crippen LogP contribution < -0.4 is 27.4 Å². The molecule has 0 saturated carbocycles. The molecule has 0 rings (SSSR count). The van der Waals surface area contributed by atoms with Crippen molar-refractivity contribution in [2.45, 2.75) is 90.4 Å². The molecular formula is C23H45N5O5S. The number of unbranched alkanes of at least 4 members (excludes halogenated alkanes) is 1. The van der Waals surface area contributed by atoms with Gasteiger partial charge in [-0.15, -0.1) is 0 Å². The van der Waals surface area contributed by atoms with E-state index in [-0.39, 0.29) is 18.3 Å². The monoisotopic (exact) mass is 503 g/mol. The maximum absolute atomic E-state index is 13.1. The number of hydrogen-bond acceptors (Lipinski definition) is 7. The Bertz CT molecular complexity index is 649. The van der Waals surface area contributed by atoms with E-state index in [1.165, 1.54) is 11.8 Å². The van der Waals surface area contributed by atoms with E-state index < -0.39 is 47.9 Å². The number of nitrogens with one attached hydrogen (secondary N) is 3. The molecule has 8 N–H and O–H groups in total. The van der Waals surface area contributed by atoms with Crippen LogP contribution in [-0.4, -0.2) is 71.5 Å². The lowest BCUT2D eigenvalue weighted by Crippen LogP contribution is -2.57. The fraction of sp³-hybridized carbons (Fsp3) is 0.826. The van der Waals surface area contributed by atoms with Crippen LogP contribution in [0.25, 0.3) is 0 Å². The summed E-state index contributed by atoms with van der Waals surface area (Å²) in [4.78, 5) is 50.2. The first-order valence-electron chi connectivity index (χ1n) is 12.1. The van der Waals surface area contributed by atoms with Crippen LogP contribution in [0, 0.1) is 11.8 Å². The van der Waals surface area contributed by atoms with Gasteiger partial charge in [0.1, 0.15) is 18.1 Å². The highest BCUT2D eigenvalue weighted by Crippen LogP contribution is 2.10. The van der Waals surface area contributed by atoms with Gasteiger partial charge >= 0.3 is 5.97 Å². The van der Waals surface area contributed by atoms with Crippen molar-refractivity contribution in [2.75, 3.05) is 18.6 Å². The van der Waals surface area contributed by atoms with Crippen LogP contribution in [0.1, 0.15) is 66.2 Å². The van der Waals surface area contributed by atoms with Gasteiger partial charge in [0.05, 0.1) is 6.04 Å². The second-order valence-electron chi connectivity index (χ2n) is 9.13. The number of rotatable bonds is 18. The fourth-order valence-corrected chi connectivity index (χ4v) is 3.76. The van der Waals surface area contributed by atoms with Crippen molar-refractivity contribution in [1.82, 2.24) is 16.0 Å². The predicted molar refractivity (Wildman–Crippen MR) is 136 cm³/mol. The van der Waals surface area contributed by atoms with Crippen molar-refractivity contribution in [1.29, 1.82) is 0 Å². The van der Waals surface area contributed by atoms with Crippen LogP contribution >= 0.6 is 11.8 Å². The zero-order valence-corrected chi connectivity index (χ0v) is 22.1. The zero-order valence-electron chi connectivity index (χ0n) is 21.3. The van der Waals surface area contributed by atoms with Crippen molar-refractivity contribution >= 4 is 35.5 Å². The van der Waals surface area contributed by atoms with Crippen LogP contribution in [0.3, 0.4) is 0 Å². The number of carbonyl (C=O) groups excluding carboxylic acids is 3. The average Bonchev–Trinajstić information content (AvgIpc) is 2.78. The number of aliphatic carboxylic acids is 1. The number of carbonyl (C=O) groups is 4. The first-order chi connectivity index (χ1) is 16.0. The molecule has 0 aliphatic heterocycles. The number of nitrogens with two attached hydrogens (primary N) is 2. The van der Waals surface area contributed by atoms with E-state index >= 15 is 0 Å². The molecule has 0 fully saturated rings. The third-order valence-corrected chi connectivity index (χ3v) is 6.35. The Labute approximate surface area is 208 Å². The predicted octanol–water partition coefficient (Wildman–Crippen LogP) is 0.827. The SMILES string of the molecule is CCC(C)C(N)C(=O)NC(CCCCN)C(=O)NC(CCSC)C(=O)NC(CC(C)C)C(=O)O. The molecule has 0 saturated heterocycles. The molecule has 0 aromatic carbocycles. The third-order valence-electron chi connectivity index (χ3n) is 5.70. The minimum absolute atomic E-state index is 0.0539. The van der Waals surface area contributed by atoms with Crippen molar-refractivity contribution in [3.8, 4) is 0 Å². The molecule has 5 atom stereocenters. The molecule has 0 aliphatic carbocycles. The molecule has 0 heterocycles. The summed E-state index contributed by atoms with van der Waals surface area (Å²) >= 11 is 1.51. The second kappa shape index (κ2) is 17.6. The summed E-state index contributed by atoms with van der Waals surface area (Å²) in [5, 5.41) is 17.5.